The van der Waals surface area contributed by atoms with E-state index < -0.39 is 15.8 Å². The Balaban J connectivity index is 2.36. The molecule has 1 aromatic heterocycles. The lowest BCUT2D eigenvalue weighted by molar-refractivity contribution is 0.0600. The quantitative estimate of drug-likeness (QED) is 0.579. The molecule has 6 nitrogen and oxygen atoms in total. The molecule has 0 aliphatic carbocycles. The van der Waals surface area contributed by atoms with Gasteiger partial charge < -0.3 is 14.5 Å². The summed E-state index contributed by atoms with van der Waals surface area (Å²) in [6, 6.07) is 1.56. The summed E-state index contributed by atoms with van der Waals surface area (Å²) in [6.07, 6.45) is 1.31. The first kappa shape index (κ1) is 14.7. The number of sulfone groups is 1. The van der Waals surface area contributed by atoms with E-state index in [0.717, 1.165) is 0 Å². The number of ether oxygens (including phenoxy) is 1. The molecule has 0 saturated heterocycles. The van der Waals surface area contributed by atoms with Gasteiger partial charge >= 0.3 is 5.97 Å². The van der Waals surface area contributed by atoms with Crippen molar-refractivity contribution in [1.82, 2.24) is 5.32 Å². The monoisotopic (exact) mass is 275 g/mol. The Morgan fingerprint density at radius 2 is 2.22 bits per heavy atom. The van der Waals surface area contributed by atoms with Crippen LogP contribution in [-0.2, 0) is 21.1 Å². The molecule has 0 atom stereocenters. The third-order valence-corrected chi connectivity index (χ3v) is 4.11. The molecule has 1 heterocycles. The van der Waals surface area contributed by atoms with E-state index in [9.17, 15) is 13.2 Å². The summed E-state index contributed by atoms with van der Waals surface area (Å²) in [4.78, 5) is 11.1. The zero-order valence-corrected chi connectivity index (χ0v) is 11.2. The average Bonchev–Trinajstić information content (AvgIpc) is 2.82. The van der Waals surface area contributed by atoms with Crippen LogP contribution < -0.4 is 5.32 Å². The van der Waals surface area contributed by atoms with Gasteiger partial charge in [0.25, 0.3) is 0 Å². The van der Waals surface area contributed by atoms with Gasteiger partial charge in [-0.25, -0.2) is 13.2 Å². The molecule has 1 aromatic rings. The van der Waals surface area contributed by atoms with Gasteiger partial charge in [-0.05, 0) is 6.07 Å². The van der Waals surface area contributed by atoms with Crippen LogP contribution in [0.3, 0.4) is 0 Å². The minimum Gasteiger partial charge on any atom is -0.467 e. The summed E-state index contributed by atoms with van der Waals surface area (Å²) in [7, 11) is -1.66. The van der Waals surface area contributed by atoms with E-state index in [2.05, 4.69) is 10.1 Å². The highest BCUT2D eigenvalue weighted by atomic mass is 32.2. The third-order valence-electron chi connectivity index (χ3n) is 2.40. The highest BCUT2D eigenvalue weighted by Crippen LogP contribution is 2.08. The summed E-state index contributed by atoms with van der Waals surface area (Å²) < 4.78 is 32.1. The maximum atomic E-state index is 11.2. The van der Waals surface area contributed by atoms with Gasteiger partial charge in [-0.1, -0.05) is 6.92 Å². The van der Waals surface area contributed by atoms with Crippen molar-refractivity contribution in [2.24, 2.45) is 0 Å². The summed E-state index contributed by atoms with van der Waals surface area (Å²) in [5, 5.41) is 2.94. The Labute approximate surface area is 106 Å². The van der Waals surface area contributed by atoms with Gasteiger partial charge in [-0.15, -0.1) is 0 Å². The van der Waals surface area contributed by atoms with Gasteiger partial charge in [-0.2, -0.15) is 0 Å². The number of carbonyl (C=O) groups excluding carboxylic acids is 1. The Hall–Kier alpha value is -1.34. The predicted molar refractivity (Wildman–Crippen MR) is 66.1 cm³/mol. The van der Waals surface area contributed by atoms with Crippen molar-refractivity contribution < 1.29 is 22.4 Å². The van der Waals surface area contributed by atoms with Crippen molar-refractivity contribution in [2.45, 2.75) is 13.5 Å². The van der Waals surface area contributed by atoms with Crippen molar-refractivity contribution >= 4 is 15.8 Å². The minimum absolute atomic E-state index is 0.0913. The maximum absolute atomic E-state index is 11.2. The first-order chi connectivity index (χ1) is 8.48. The fourth-order valence-corrected chi connectivity index (χ4v) is 2.03. The zero-order valence-electron chi connectivity index (χ0n) is 10.4. The van der Waals surface area contributed by atoms with Crippen LogP contribution in [0.5, 0.6) is 0 Å². The van der Waals surface area contributed by atoms with Gasteiger partial charge in [0.1, 0.15) is 12.0 Å². The molecule has 1 N–H and O–H groups in total. The molecule has 0 aromatic carbocycles. The van der Waals surface area contributed by atoms with Crippen LogP contribution in [0.4, 0.5) is 0 Å². The van der Waals surface area contributed by atoms with Gasteiger partial charge in [0.2, 0.25) is 0 Å². The molecule has 7 heteroatoms. The van der Waals surface area contributed by atoms with Crippen LogP contribution in [-0.4, -0.2) is 39.5 Å². The van der Waals surface area contributed by atoms with Gasteiger partial charge in [0.05, 0.1) is 25.0 Å². The van der Waals surface area contributed by atoms with Crippen molar-refractivity contribution in [1.29, 1.82) is 0 Å². The molecule has 1 rings (SSSR count). The van der Waals surface area contributed by atoms with Crippen molar-refractivity contribution in [3.63, 3.8) is 0 Å². The van der Waals surface area contributed by atoms with Crippen molar-refractivity contribution in [3.05, 3.63) is 23.7 Å². The van der Waals surface area contributed by atoms with E-state index in [1.165, 1.54) is 13.4 Å². The second kappa shape index (κ2) is 6.55. The van der Waals surface area contributed by atoms with Crippen LogP contribution >= 0.6 is 0 Å². The van der Waals surface area contributed by atoms with E-state index in [1.807, 2.05) is 0 Å². The van der Waals surface area contributed by atoms with E-state index >= 15 is 0 Å². The highest BCUT2D eigenvalue weighted by Gasteiger charge is 2.10. The van der Waals surface area contributed by atoms with Crippen LogP contribution in [0.15, 0.2) is 16.7 Å². The summed E-state index contributed by atoms with van der Waals surface area (Å²) in [6.45, 7) is 2.34. The Bertz CT molecular complexity index is 491. The second-order valence-corrected chi connectivity index (χ2v) is 6.18. The Morgan fingerprint density at radius 3 is 2.83 bits per heavy atom. The van der Waals surface area contributed by atoms with Crippen LogP contribution in [0.2, 0.25) is 0 Å². The maximum Gasteiger partial charge on any atom is 0.341 e. The predicted octanol–water partition coefficient (Wildman–Crippen LogP) is 0.590. The third kappa shape index (κ3) is 4.50. The molecular formula is C11H17NO5S. The van der Waals surface area contributed by atoms with Crippen LogP contribution in [0, 0.1) is 0 Å². The number of hydrogen-bond acceptors (Lipinski definition) is 6. The minimum atomic E-state index is -2.95. The molecule has 0 spiro atoms. The fraction of sp³-hybridized carbons (Fsp3) is 0.545. The van der Waals surface area contributed by atoms with Gasteiger partial charge in [0.15, 0.2) is 9.84 Å². The number of rotatable bonds is 7. The van der Waals surface area contributed by atoms with E-state index in [-0.39, 0.29) is 11.5 Å². The molecule has 102 valence electrons. The van der Waals surface area contributed by atoms with Crippen LogP contribution in [0.1, 0.15) is 23.0 Å². The molecule has 0 aliphatic rings. The lowest BCUT2D eigenvalue weighted by Crippen LogP contribution is -2.23. The standard InChI is InChI=1S/C11H17NO5S/c1-3-18(14,15)5-4-12-7-10-6-9(8-17-10)11(13)16-2/h6,8,12H,3-5,7H2,1-2H3. The Kier molecular flexibility index (Phi) is 5.36. The number of methoxy groups -OCH3 is 1. The number of carbonyl (C=O) groups is 1. The largest absolute Gasteiger partial charge is 0.467 e. The molecule has 18 heavy (non-hydrogen) atoms. The van der Waals surface area contributed by atoms with Gasteiger partial charge in [-0.3, -0.25) is 0 Å². The number of furan rings is 1. The van der Waals surface area contributed by atoms with Crippen molar-refractivity contribution in [2.75, 3.05) is 25.2 Å². The van der Waals surface area contributed by atoms with E-state index in [1.54, 1.807) is 13.0 Å². The lowest BCUT2D eigenvalue weighted by atomic mass is 10.3. The molecule has 0 unspecified atom stereocenters. The topological polar surface area (TPSA) is 85.6 Å². The van der Waals surface area contributed by atoms with Gasteiger partial charge in [0, 0.05) is 12.3 Å². The number of hydrogen-bond donors (Lipinski definition) is 1. The fourth-order valence-electron chi connectivity index (χ4n) is 1.28. The van der Waals surface area contributed by atoms with E-state index in [4.69, 9.17) is 4.42 Å². The molecule has 0 fully saturated rings. The van der Waals surface area contributed by atoms with E-state index in [0.29, 0.717) is 24.4 Å². The highest BCUT2D eigenvalue weighted by molar-refractivity contribution is 7.91. The first-order valence-electron chi connectivity index (χ1n) is 5.55. The first-order valence-corrected chi connectivity index (χ1v) is 7.37. The smallest absolute Gasteiger partial charge is 0.341 e. The average molecular weight is 275 g/mol. The Morgan fingerprint density at radius 1 is 1.50 bits per heavy atom. The molecule has 0 saturated carbocycles. The molecular weight excluding hydrogens is 258 g/mol. The molecule has 0 amide bonds. The molecule has 0 radical (unpaired) electrons. The molecule has 0 bridgehead atoms. The van der Waals surface area contributed by atoms with Crippen molar-refractivity contribution in [3.8, 4) is 0 Å². The SMILES string of the molecule is CCS(=O)(=O)CCNCc1cc(C(=O)OC)co1. The zero-order chi connectivity index (χ0) is 13.6. The number of esters is 1. The normalized spacial score (nSPS) is 11.4. The summed E-state index contributed by atoms with van der Waals surface area (Å²) >= 11 is 0. The molecule has 0 aliphatic heterocycles. The summed E-state index contributed by atoms with van der Waals surface area (Å²) in [5.41, 5.74) is 0.343. The lowest BCUT2D eigenvalue weighted by Gasteiger charge is -2.02. The van der Waals surface area contributed by atoms with Crippen LogP contribution in [0.25, 0.3) is 0 Å². The number of nitrogens with one attached hydrogen (secondary N) is 1. The summed E-state index contributed by atoms with van der Waals surface area (Å²) in [5.74, 6) is 0.332. The second-order valence-electron chi connectivity index (χ2n) is 3.71.